The van der Waals surface area contributed by atoms with Crippen molar-refractivity contribution in [1.82, 2.24) is 5.32 Å². The molecule has 0 aliphatic rings. The van der Waals surface area contributed by atoms with Crippen molar-refractivity contribution in [3.8, 4) is 0 Å². The number of nitrogens with one attached hydrogen (secondary N) is 1. The van der Waals surface area contributed by atoms with Crippen molar-refractivity contribution in [2.45, 2.75) is 13.8 Å². The summed E-state index contributed by atoms with van der Waals surface area (Å²) in [5.41, 5.74) is 6.42. The first-order valence-electron chi connectivity index (χ1n) is 5.30. The SMILES string of the molecule is CC(C)(CO)CNC(=O)c1ccc(Br)c(N)c1. The van der Waals surface area contributed by atoms with E-state index in [1.165, 1.54) is 0 Å². The third-order valence-electron chi connectivity index (χ3n) is 2.41. The number of aliphatic hydroxyl groups is 1. The number of carbonyl (C=O) groups is 1. The second-order valence-corrected chi connectivity index (χ2v) is 5.60. The number of hydrogen-bond acceptors (Lipinski definition) is 3. The van der Waals surface area contributed by atoms with Gasteiger partial charge in [-0.2, -0.15) is 0 Å². The van der Waals surface area contributed by atoms with Gasteiger partial charge in [0.15, 0.2) is 0 Å². The summed E-state index contributed by atoms with van der Waals surface area (Å²) < 4.78 is 0.768. The Labute approximate surface area is 109 Å². The van der Waals surface area contributed by atoms with Gasteiger partial charge in [-0.25, -0.2) is 0 Å². The van der Waals surface area contributed by atoms with E-state index in [0.717, 1.165) is 4.47 Å². The number of rotatable bonds is 4. The summed E-state index contributed by atoms with van der Waals surface area (Å²) in [5.74, 6) is -0.189. The van der Waals surface area contributed by atoms with Crippen LogP contribution in [0.2, 0.25) is 0 Å². The molecule has 0 aromatic heterocycles. The molecule has 17 heavy (non-hydrogen) atoms. The highest BCUT2D eigenvalue weighted by Gasteiger charge is 2.18. The summed E-state index contributed by atoms with van der Waals surface area (Å²) in [7, 11) is 0. The molecule has 0 spiro atoms. The highest BCUT2D eigenvalue weighted by molar-refractivity contribution is 9.10. The summed E-state index contributed by atoms with van der Waals surface area (Å²) in [5, 5.41) is 11.8. The lowest BCUT2D eigenvalue weighted by Crippen LogP contribution is -2.36. The molecule has 0 fully saturated rings. The van der Waals surface area contributed by atoms with Crippen LogP contribution in [0.15, 0.2) is 22.7 Å². The Kier molecular flexibility index (Phi) is 4.54. The molecule has 1 aromatic rings. The number of benzene rings is 1. The molecule has 5 heteroatoms. The van der Waals surface area contributed by atoms with Gasteiger partial charge in [0.05, 0.1) is 0 Å². The Morgan fingerprint density at radius 2 is 2.18 bits per heavy atom. The summed E-state index contributed by atoms with van der Waals surface area (Å²) in [6, 6.07) is 5.05. The van der Waals surface area contributed by atoms with E-state index in [4.69, 9.17) is 10.8 Å². The third kappa shape index (κ3) is 4.02. The van der Waals surface area contributed by atoms with E-state index in [1.54, 1.807) is 18.2 Å². The largest absolute Gasteiger partial charge is 0.398 e. The maximum Gasteiger partial charge on any atom is 0.251 e. The molecule has 0 bridgehead atoms. The standard InChI is InChI=1S/C12H17BrN2O2/c1-12(2,7-16)6-15-11(17)8-3-4-9(13)10(14)5-8/h3-5,16H,6-7,14H2,1-2H3,(H,15,17). The lowest BCUT2D eigenvalue weighted by Gasteiger charge is -2.21. The zero-order valence-electron chi connectivity index (χ0n) is 9.96. The molecule has 94 valence electrons. The van der Waals surface area contributed by atoms with E-state index in [2.05, 4.69) is 21.2 Å². The van der Waals surface area contributed by atoms with Gasteiger partial charge in [-0.1, -0.05) is 13.8 Å². The molecular weight excluding hydrogens is 284 g/mol. The molecule has 0 aliphatic heterocycles. The van der Waals surface area contributed by atoms with Crippen molar-refractivity contribution in [3.63, 3.8) is 0 Å². The maximum atomic E-state index is 11.8. The quantitative estimate of drug-likeness (QED) is 0.742. The van der Waals surface area contributed by atoms with Crippen molar-refractivity contribution < 1.29 is 9.90 Å². The molecule has 0 unspecified atom stereocenters. The second-order valence-electron chi connectivity index (χ2n) is 4.74. The smallest absolute Gasteiger partial charge is 0.251 e. The average molecular weight is 301 g/mol. The van der Waals surface area contributed by atoms with E-state index < -0.39 is 0 Å². The van der Waals surface area contributed by atoms with E-state index in [0.29, 0.717) is 17.8 Å². The van der Waals surface area contributed by atoms with Crippen molar-refractivity contribution >= 4 is 27.5 Å². The average Bonchev–Trinajstić information content (AvgIpc) is 2.30. The number of carbonyl (C=O) groups excluding carboxylic acids is 1. The molecule has 4 N–H and O–H groups in total. The molecule has 0 aliphatic carbocycles. The number of hydrogen-bond donors (Lipinski definition) is 3. The molecule has 1 rings (SSSR count). The minimum absolute atomic E-state index is 0.0236. The third-order valence-corrected chi connectivity index (χ3v) is 3.14. The van der Waals surface area contributed by atoms with Crippen LogP contribution in [0.3, 0.4) is 0 Å². The number of anilines is 1. The Morgan fingerprint density at radius 3 is 2.71 bits per heavy atom. The van der Waals surface area contributed by atoms with Gasteiger partial charge in [0.25, 0.3) is 5.91 Å². The topological polar surface area (TPSA) is 75.3 Å². The predicted molar refractivity (Wildman–Crippen MR) is 71.8 cm³/mol. The Balaban J connectivity index is 2.68. The number of nitrogen functional groups attached to an aromatic ring is 1. The monoisotopic (exact) mass is 300 g/mol. The van der Waals surface area contributed by atoms with Gasteiger partial charge in [-0.05, 0) is 34.1 Å². The van der Waals surface area contributed by atoms with Crippen LogP contribution in [0.1, 0.15) is 24.2 Å². The minimum Gasteiger partial charge on any atom is -0.398 e. The number of aliphatic hydroxyl groups excluding tert-OH is 1. The number of nitrogens with two attached hydrogens (primary N) is 1. The van der Waals surface area contributed by atoms with Crippen LogP contribution in [0.5, 0.6) is 0 Å². The minimum atomic E-state index is -0.323. The molecular formula is C12H17BrN2O2. The lowest BCUT2D eigenvalue weighted by atomic mass is 9.95. The first-order valence-corrected chi connectivity index (χ1v) is 6.09. The molecule has 0 saturated heterocycles. The van der Waals surface area contributed by atoms with Crippen LogP contribution in [0.4, 0.5) is 5.69 Å². The molecule has 1 aromatic carbocycles. The maximum absolute atomic E-state index is 11.8. The molecule has 0 radical (unpaired) electrons. The van der Waals surface area contributed by atoms with Crippen molar-refractivity contribution in [2.24, 2.45) is 5.41 Å². The Hall–Kier alpha value is -1.07. The Morgan fingerprint density at radius 1 is 1.53 bits per heavy atom. The first kappa shape index (κ1) is 14.0. The number of amides is 1. The van der Waals surface area contributed by atoms with Gasteiger partial charge in [0.1, 0.15) is 0 Å². The highest BCUT2D eigenvalue weighted by atomic mass is 79.9. The van der Waals surface area contributed by atoms with Gasteiger partial charge in [-0.15, -0.1) is 0 Å². The van der Waals surface area contributed by atoms with Crippen LogP contribution < -0.4 is 11.1 Å². The van der Waals surface area contributed by atoms with E-state index in [-0.39, 0.29) is 17.9 Å². The normalized spacial score (nSPS) is 11.3. The van der Waals surface area contributed by atoms with Gasteiger partial charge in [0.2, 0.25) is 0 Å². The Bertz CT molecular complexity index is 419. The van der Waals surface area contributed by atoms with E-state index in [1.807, 2.05) is 13.8 Å². The fourth-order valence-corrected chi connectivity index (χ4v) is 1.41. The molecule has 1 amide bonds. The second kappa shape index (κ2) is 5.51. The van der Waals surface area contributed by atoms with E-state index in [9.17, 15) is 4.79 Å². The molecule has 4 nitrogen and oxygen atoms in total. The summed E-state index contributed by atoms with van der Waals surface area (Å²) >= 11 is 3.27. The van der Waals surface area contributed by atoms with Gasteiger partial charge in [0, 0.05) is 34.3 Å². The van der Waals surface area contributed by atoms with Gasteiger partial charge < -0.3 is 16.2 Å². The van der Waals surface area contributed by atoms with E-state index >= 15 is 0 Å². The fraction of sp³-hybridized carbons (Fsp3) is 0.417. The molecule has 0 atom stereocenters. The summed E-state index contributed by atoms with van der Waals surface area (Å²) in [6.07, 6.45) is 0. The highest BCUT2D eigenvalue weighted by Crippen LogP contribution is 2.20. The zero-order valence-corrected chi connectivity index (χ0v) is 11.5. The van der Waals surface area contributed by atoms with Crippen molar-refractivity contribution in [3.05, 3.63) is 28.2 Å². The zero-order chi connectivity index (χ0) is 13.1. The van der Waals surface area contributed by atoms with Crippen LogP contribution in [0.25, 0.3) is 0 Å². The van der Waals surface area contributed by atoms with Crippen molar-refractivity contribution in [1.29, 1.82) is 0 Å². The first-order chi connectivity index (χ1) is 7.85. The summed E-state index contributed by atoms with van der Waals surface area (Å²) in [4.78, 5) is 11.8. The van der Waals surface area contributed by atoms with Crippen LogP contribution in [-0.2, 0) is 0 Å². The summed E-state index contributed by atoms with van der Waals surface area (Å²) in [6.45, 7) is 4.19. The van der Waals surface area contributed by atoms with Gasteiger partial charge in [-0.3, -0.25) is 4.79 Å². The fourth-order valence-electron chi connectivity index (χ4n) is 1.16. The van der Waals surface area contributed by atoms with Gasteiger partial charge >= 0.3 is 0 Å². The number of halogens is 1. The van der Waals surface area contributed by atoms with Crippen LogP contribution in [-0.4, -0.2) is 24.2 Å². The molecule has 0 saturated carbocycles. The van der Waals surface area contributed by atoms with Crippen LogP contribution >= 0.6 is 15.9 Å². The molecule has 0 heterocycles. The lowest BCUT2D eigenvalue weighted by molar-refractivity contribution is 0.0911. The van der Waals surface area contributed by atoms with Crippen LogP contribution in [0, 0.1) is 5.41 Å². The predicted octanol–water partition coefficient (Wildman–Crippen LogP) is 1.78. The van der Waals surface area contributed by atoms with Crippen molar-refractivity contribution in [2.75, 3.05) is 18.9 Å².